The Morgan fingerprint density at radius 1 is 1.09 bits per heavy atom. The van der Waals surface area contributed by atoms with Crippen LogP contribution in [0.2, 0.25) is 14.8 Å². The van der Waals surface area contributed by atoms with E-state index in [1.807, 2.05) is 45.2 Å². The fraction of sp³-hybridized carbons (Fsp3) is 0.312. The molecule has 1 heterocycles. The Balaban J connectivity index is 2.26. The van der Waals surface area contributed by atoms with E-state index in [-0.39, 0.29) is 6.42 Å². The minimum atomic E-state index is -2.84. The predicted molar refractivity (Wildman–Crippen MR) is 84.4 cm³/mol. The van der Waals surface area contributed by atoms with E-state index in [2.05, 4.69) is 0 Å². The number of rotatable bonds is 5. The molecular weight excluding hydrogens is 389 g/mol. The third-order valence-corrected chi connectivity index (χ3v) is 5.43. The summed E-state index contributed by atoms with van der Waals surface area (Å²) in [6, 6.07) is 8.39. The Hall–Kier alpha value is -1.63. The van der Waals surface area contributed by atoms with Gasteiger partial charge in [-0.3, -0.25) is 0 Å². The van der Waals surface area contributed by atoms with Crippen LogP contribution in [0.4, 0.5) is 0 Å². The third-order valence-electron chi connectivity index (χ3n) is 3.11. The first-order chi connectivity index (χ1) is 10.3. The van der Waals surface area contributed by atoms with Gasteiger partial charge < -0.3 is 0 Å². The number of amides is 2. The summed E-state index contributed by atoms with van der Waals surface area (Å²) in [4.78, 5) is 43.2. The molecule has 22 heavy (non-hydrogen) atoms. The molecule has 0 N–H and O–H groups in total. The van der Waals surface area contributed by atoms with Crippen LogP contribution in [0, 0.1) is 0 Å². The molecule has 1 atom stereocenters. The van der Waals surface area contributed by atoms with Crippen LogP contribution < -0.4 is 0 Å². The summed E-state index contributed by atoms with van der Waals surface area (Å²) in [7, 11) is 0. The molecule has 2 rings (SSSR count). The van der Waals surface area contributed by atoms with E-state index in [1.165, 1.54) is 12.2 Å². The SMILES string of the molecule is [CH3][Sn]([CH3])([CH3])[O]C(=O)C(Cc1ccccc1)N1C(=O)C=CC1=O. The zero-order valence-corrected chi connectivity index (χ0v) is 15.8. The third kappa shape index (κ3) is 4.19. The van der Waals surface area contributed by atoms with E-state index in [9.17, 15) is 14.4 Å². The standard InChI is InChI=1S/C13H11NO4.3CH3.Sn/c15-11-6-7-12(16)14(11)10(13(17)18)8-9-4-2-1-3-5-9;;;;/h1-7,10H,8H2,(H,17,18);3*1H3;/q;;;;+1/p-1. The van der Waals surface area contributed by atoms with Crippen LogP contribution in [-0.4, -0.2) is 47.5 Å². The van der Waals surface area contributed by atoms with Gasteiger partial charge in [-0.1, -0.05) is 0 Å². The van der Waals surface area contributed by atoms with Crippen molar-refractivity contribution in [3.8, 4) is 0 Å². The molecule has 0 fully saturated rings. The van der Waals surface area contributed by atoms with Gasteiger partial charge in [0.25, 0.3) is 0 Å². The molecule has 1 aromatic rings. The average molecular weight is 408 g/mol. The Kier molecular flexibility index (Phi) is 5.05. The van der Waals surface area contributed by atoms with Gasteiger partial charge >= 0.3 is 134 Å². The van der Waals surface area contributed by atoms with E-state index in [4.69, 9.17) is 3.07 Å². The molecule has 116 valence electrons. The van der Waals surface area contributed by atoms with Crippen LogP contribution in [0.1, 0.15) is 5.56 Å². The number of hydrogen-bond acceptors (Lipinski definition) is 4. The molecule has 1 aromatic carbocycles. The predicted octanol–water partition coefficient (Wildman–Crippen LogP) is 1.90. The summed E-state index contributed by atoms with van der Waals surface area (Å²) in [5.41, 5.74) is 0.876. The number of hydrogen-bond donors (Lipinski definition) is 0. The second-order valence-electron chi connectivity index (χ2n) is 6.12. The van der Waals surface area contributed by atoms with Gasteiger partial charge in [0.2, 0.25) is 0 Å². The first kappa shape index (κ1) is 16.7. The fourth-order valence-corrected chi connectivity index (χ4v) is 4.32. The van der Waals surface area contributed by atoms with Crippen molar-refractivity contribution in [1.82, 2.24) is 4.90 Å². The molecule has 0 aromatic heterocycles. The van der Waals surface area contributed by atoms with Gasteiger partial charge in [-0.15, -0.1) is 0 Å². The van der Waals surface area contributed by atoms with E-state index < -0.39 is 42.6 Å². The maximum absolute atomic E-state index is 12.5. The Bertz CT molecular complexity index is 601. The molecule has 0 bridgehead atoms. The molecule has 0 radical (unpaired) electrons. The number of carbonyl (C=O) groups is 3. The molecule has 1 unspecified atom stereocenters. The minimum absolute atomic E-state index is 0.265. The van der Waals surface area contributed by atoms with Crippen molar-refractivity contribution >= 4 is 36.6 Å². The van der Waals surface area contributed by atoms with E-state index in [0.29, 0.717) is 0 Å². The number of carbonyl (C=O) groups excluding carboxylic acids is 3. The molecule has 5 nitrogen and oxygen atoms in total. The van der Waals surface area contributed by atoms with Crippen LogP contribution in [0.15, 0.2) is 42.5 Å². The van der Waals surface area contributed by atoms with Crippen LogP contribution >= 0.6 is 0 Å². The molecule has 0 spiro atoms. The fourth-order valence-electron chi connectivity index (χ4n) is 2.21. The van der Waals surface area contributed by atoms with Crippen LogP contribution in [0.5, 0.6) is 0 Å². The molecule has 2 amide bonds. The summed E-state index contributed by atoms with van der Waals surface area (Å²) in [5.74, 6) is -1.42. The molecule has 0 aliphatic carbocycles. The van der Waals surface area contributed by atoms with Crippen molar-refractivity contribution in [2.24, 2.45) is 0 Å². The summed E-state index contributed by atoms with van der Waals surface area (Å²) in [6.45, 7) is 0. The molecule has 0 saturated carbocycles. The van der Waals surface area contributed by atoms with Gasteiger partial charge in [-0.25, -0.2) is 0 Å². The van der Waals surface area contributed by atoms with Crippen molar-refractivity contribution < 1.29 is 17.5 Å². The summed E-state index contributed by atoms with van der Waals surface area (Å²) in [5, 5.41) is 0. The monoisotopic (exact) mass is 409 g/mol. The number of imide groups is 1. The van der Waals surface area contributed by atoms with Crippen LogP contribution in [-0.2, 0) is 23.9 Å². The summed E-state index contributed by atoms with van der Waals surface area (Å²) >= 11 is -2.84. The molecule has 1 aliphatic heterocycles. The topological polar surface area (TPSA) is 63.7 Å². The first-order valence-electron chi connectivity index (χ1n) is 7.10. The normalized spacial score (nSPS) is 16.0. The van der Waals surface area contributed by atoms with Crippen LogP contribution in [0.3, 0.4) is 0 Å². The quantitative estimate of drug-likeness (QED) is 0.552. The molecule has 6 heteroatoms. The van der Waals surface area contributed by atoms with Gasteiger partial charge in [0.15, 0.2) is 0 Å². The van der Waals surface area contributed by atoms with E-state index in [0.717, 1.165) is 10.5 Å². The Morgan fingerprint density at radius 2 is 1.64 bits per heavy atom. The Labute approximate surface area is 134 Å². The van der Waals surface area contributed by atoms with Crippen LogP contribution in [0.25, 0.3) is 0 Å². The molecule has 1 aliphatic rings. The first-order valence-corrected chi connectivity index (χ1v) is 16.8. The summed E-state index contributed by atoms with van der Waals surface area (Å²) in [6.07, 6.45) is 2.64. The van der Waals surface area contributed by atoms with Gasteiger partial charge in [-0.05, 0) is 0 Å². The van der Waals surface area contributed by atoms with Crippen molar-refractivity contribution in [1.29, 1.82) is 0 Å². The summed E-state index contributed by atoms with van der Waals surface area (Å²) < 4.78 is 5.58. The maximum atomic E-state index is 12.5. The zero-order valence-electron chi connectivity index (χ0n) is 12.9. The number of nitrogens with zero attached hydrogens (tertiary/aromatic N) is 1. The van der Waals surface area contributed by atoms with E-state index in [1.54, 1.807) is 0 Å². The van der Waals surface area contributed by atoms with Crippen molar-refractivity contribution in [2.75, 3.05) is 0 Å². The molecular formula is C16H19NO4Sn. The van der Waals surface area contributed by atoms with Crippen molar-refractivity contribution in [3.63, 3.8) is 0 Å². The Morgan fingerprint density at radius 3 is 2.14 bits per heavy atom. The van der Waals surface area contributed by atoms with Gasteiger partial charge in [0, 0.05) is 0 Å². The average Bonchev–Trinajstić information content (AvgIpc) is 2.75. The van der Waals surface area contributed by atoms with Gasteiger partial charge in [-0.2, -0.15) is 0 Å². The number of benzene rings is 1. The van der Waals surface area contributed by atoms with E-state index >= 15 is 0 Å². The van der Waals surface area contributed by atoms with Gasteiger partial charge in [0.1, 0.15) is 0 Å². The molecule has 0 saturated heterocycles. The van der Waals surface area contributed by atoms with Crippen molar-refractivity contribution in [2.45, 2.75) is 27.3 Å². The van der Waals surface area contributed by atoms with Crippen molar-refractivity contribution in [3.05, 3.63) is 48.0 Å². The second kappa shape index (κ2) is 6.64. The zero-order chi connectivity index (χ0) is 16.3. The second-order valence-corrected chi connectivity index (χ2v) is 18.8. The van der Waals surface area contributed by atoms with Gasteiger partial charge in [0.05, 0.1) is 0 Å².